The Kier molecular flexibility index (Phi) is 5.11. The molecule has 3 N–H and O–H groups in total. The lowest BCUT2D eigenvalue weighted by atomic mass is 10.2. The van der Waals surface area contributed by atoms with Crippen molar-refractivity contribution in [1.82, 2.24) is 0 Å². The van der Waals surface area contributed by atoms with Gasteiger partial charge in [0.15, 0.2) is 0 Å². The number of nitrogens with zero attached hydrogens (tertiary/aromatic N) is 2. The molecule has 0 heterocycles. The molecule has 2 aromatic carbocycles. The highest BCUT2D eigenvalue weighted by atomic mass is 32.2. The first kappa shape index (κ1) is 17.4. The maximum Gasteiger partial charge on any atom is 0.295 e. The third-order valence-corrected chi connectivity index (χ3v) is 3.92. The molecule has 0 saturated heterocycles. The van der Waals surface area contributed by atoms with Crippen LogP contribution in [0.5, 0.6) is 5.75 Å². The number of nitrogens with one attached hydrogen (secondary N) is 1. The summed E-state index contributed by atoms with van der Waals surface area (Å²) >= 11 is 0. The van der Waals surface area contributed by atoms with Crippen molar-refractivity contribution in [2.45, 2.75) is 4.90 Å². The first-order valence-corrected chi connectivity index (χ1v) is 8.10. The molecule has 0 spiro atoms. The van der Waals surface area contributed by atoms with E-state index < -0.39 is 20.6 Å². The molecule has 0 saturated carbocycles. The molecular formula is C14H14N4O5S. The van der Waals surface area contributed by atoms with Gasteiger partial charge in [-0.05, 0) is 42.0 Å². The van der Waals surface area contributed by atoms with Crippen LogP contribution in [0.2, 0.25) is 0 Å². The van der Waals surface area contributed by atoms with Gasteiger partial charge in [-0.2, -0.15) is 5.10 Å². The van der Waals surface area contributed by atoms with Crippen molar-refractivity contribution in [3.8, 4) is 5.75 Å². The number of methoxy groups -OCH3 is 1. The lowest BCUT2D eigenvalue weighted by molar-refractivity contribution is -0.384. The Balaban J connectivity index is 2.22. The normalized spacial score (nSPS) is 11.4. The summed E-state index contributed by atoms with van der Waals surface area (Å²) in [6.07, 6.45) is 1.46. The number of rotatable bonds is 6. The number of nitrogens with two attached hydrogens (primary N) is 1. The first-order chi connectivity index (χ1) is 11.3. The highest BCUT2D eigenvalue weighted by Crippen LogP contribution is 2.27. The molecule has 9 nitrogen and oxygen atoms in total. The standard InChI is InChI=1S/C14H14N4O5S/c1-23-11-4-2-10(3-5-11)9-16-17-13-7-6-12(24(15,21)22)8-14(13)18(19)20/h2-9,17H,1H3,(H2,15,21,22). The van der Waals surface area contributed by atoms with Crippen LogP contribution in [-0.2, 0) is 10.0 Å². The smallest absolute Gasteiger partial charge is 0.295 e. The zero-order chi connectivity index (χ0) is 17.7. The summed E-state index contributed by atoms with van der Waals surface area (Å²) in [5.74, 6) is 0.689. The molecule has 0 fully saturated rings. The van der Waals surface area contributed by atoms with E-state index in [0.717, 1.165) is 17.7 Å². The van der Waals surface area contributed by atoms with Gasteiger partial charge in [-0.3, -0.25) is 15.5 Å². The summed E-state index contributed by atoms with van der Waals surface area (Å²) in [6, 6.07) is 10.2. The Labute approximate surface area is 138 Å². The zero-order valence-electron chi connectivity index (χ0n) is 12.5. The summed E-state index contributed by atoms with van der Waals surface area (Å²) in [5.41, 5.74) is 2.84. The van der Waals surface area contributed by atoms with E-state index in [2.05, 4.69) is 10.5 Å². The van der Waals surface area contributed by atoms with Crippen LogP contribution in [0.4, 0.5) is 11.4 Å². The number of hydrazone groups is 1. The van der Waals surface area contributed by atoms with Crippen LogP contribution in [-0.4, -0.2) is 26.7 Å². The number of hydrogen-bond acceptors (Lipinski definition) is 7. The van der Waals surface area contributed by atoms with E-state index in [0.29, 0.717) is 5.75 Å². The predicted molar refractivity (Wildman–Crippen MR) is 88.7 cm³/mol. The van der Waals surface area contributed by atoms with Crippen LogP contribution in [0.3, 0.4) is 0 Å². The van der Waals surface area contributed by atoms with Gasteiger partial charge in [0, 0.05) is 6.07 Å². The molecule has 2 rings (SSSR count). The first-order valence-electron chi connectivity index (χ1n) is 6.55. The van der Waals surface area contributed by atoms with Crippen molar-refractivity contribution in [2.75, 3.05) is 12.5 Å². The molecular weight excluding hydrogens is 336 g/mol. The van der Waals surface area contributed by atoms with Crippen molar-refractivity contribution in [2.24, 2.45) is 10.2 Å². The van der Waals surface area contributed by atoms with Crippen LogP contribution >= 0.6 is 0 Å². The molecule has 10 heteroatoms. The third kappa shape index (κ3) is 4.27. The molecule has 24 heavy (non-hydrogen) atoms. The van der Waals surface area contributed by atoms with Crippen molar-refractivity contribution in [3.63, 3.8) is 0 Å². The Bertz CT molecular complexity index is 879. The molecule has 0 aliphatic carbocycles. The summed E-state index contributed by atoms with van der Waals surface area (Å²) in [5, 5.41) is 19.9. The molecule has 0 aliphatic heterocycles. The van der Waals surface area contributed by atoms with E-state index in [-0.39, 0.29) is 10.6 Å². The van der Waals surface area contributed by atoms with Gasteiger partial charge >= 0.3 is 0 Å². The number of sulfonamides is 1. The van der Waals surface area contributed by atoms with Crippen molar-refractivity contribution >= 4 is 27.6 Å². The van der Waals surface area contributed by atoms with Crippen LogP contribution in [0.15, 0.2) is 52.5 Å². The number of nitro benzene ring substituents is 1. The molecule has 0 amide bonds. The number of hydrogen-bond donors (Lipinski definition) is 2. The number of benzene rings is 2. The van der Waals surface area contributed by atoms with E-state index >= 15 is 0 Å². The second kappa shape index (κ2) is 7.06. The average molecular weight is 350 g/mol. The number of ether oxygens (including phenoxy) is 1. The van der Waals surface area contributed by atoms with E-state index in [1.54, 1.807) is 31.4 Å². The van der Waals surface area contributed by atoms with Gasteiger partial charge in [0.25, 0.3) is 5.69 Å². The molecule has 0 aliphatic rings. The van der Waals surface area contributed by atoms with Gasteiger partial charge in [0.2, 0.25) is 10.0 Å². The lowest BCUT2D eigenvalue weighted by Gasteiger charge is -2.04. The summed E-state index contributed by atoms with van der Waals surface area (Å²) < 4.78 is 27.6. The van der Waals surface area contributed by atoms with Crippen LogP contribution in [0, 0.1) is 10.1 Å². The maximum atomic E-state index is 11.3. The minimum atomic E-state index is -4.03. The van der Waals surface area contributed by atoms with Crippen molar-refractivity contribution in [1.29, 1.82) is 0 Å². The van der Waals surface area contributed by atoms with Gasteiger partial charge in [-0.25, -0.2) is 13.6 Å². The Hall–Kier alpha value is -2.98. The molecule has 0 unspecified atom stereocenters. The topological polar surface area (TPSA) is 137 Å². The second-order valence-corrected chi connectivity index (χ2v) is 6.19. The fourth-order valence-electron chi connectivity index (χ4n) is 1.80. The monoisotopic (exact) mass is 350 g/mol. The SMILES string of the molecule is COc1ccc(C=NNc2ccc(S(N)(=O)=O)cc2[N+](=O)[O-])cc1. The second-order valence-electron chi connectivity index (χ2n) is 4.62. The molecule has 0 atom stereocenters. The average Bonchev–Trinajstić information content (AvgIpc) is 2.54. The van der Waals surface area contributed by atoms with Gasteiger partial charge < -0.3 is 4.74 Å². The molecule has 126 valence electrons. The highest BCUT2D eigenvalue weighted by Gasteiger charge is 2.18. The predicted octanol–water partition coefficient (Wildman–Crippen LogP) is 1.70. The third-order valence-electron chi connectivity index (χ3n) is 3.01. The van der Waals surface area contributed by atoms with E-state index in [1.807, 2.05) is 0 Å². The molecule has 2 aromatic rings. The largest absolute Gasteiger partial charge is 0.497 e. The van der Waals surface area contributed by atoms with E-state index in [4.69, 9.17) is 9.88 Å². The zero-order valence-corrected chi connectivity index (χ0v) is 13.4. The van der Waals surface area contributed by atoms with Crippen LogP contribution in [0.1, 0.15) is 5.56 Å². The number of anilines is 1. The summed E-state index contributed by atoms with van der Waals surface area (Å²) in [7, 11) is -2.48. The van der Waals surface area contributed by atoms with Gasteiger partial charge in [0.1, 0.15) is 11.4 Å². The van der Waals surface area contributed by atoms with Gasteiger partial charge in [-0.1, -0.05) is 0 Å². The van der Waals surface area contributed by atoms with Crippen molar-refractivity contribution < 1.29 is 18.1 Å². The fraction of sp³-hybridized carbons (Fsp3) is 0.0714. The van der Waals surface area contributed by atoms with E-state index in [1.165, 1.54) is 12.3 Å². The Morgan fingerprint density at radius 2 is 1.92 bits per heavy atom. The van der Waals surface area contributed by atoms with Gasteiger partial charge in [0.05, 0.1) is 23.1 Å². The molecule has 0 aromatic heterocycles. The minimum absolute atomic E-state index is 0.0390. The Morgan fingerprint density at radius 3 is 2.46 bits per heavy atom. The summed E-state index contributed by atoms with van der Waals surface area (Å²) in [6.45, 7) is 0. The minimum Gasteiger partial charge on any atom is -0.497 e. The number of primary sulfonamides is 1. The molecule has 0 radical (unpaired) electrons. The quantitative estimate of drug-likeness (QED) is 0.462. The lowest BCUT2D eigenvalue weighted by Crippen LogP contribution is -2.12. The molecule has 0 bridgehead atoms. The van der Waals surface area contributed by atoms with E-state index in [9.17, 15) is 18.5 Å². The number of nitro groups is 1. The Morgan fingerprint density at radius 1 is 1.25 bits per heavy atom. The maximum absolute atomic E-state index is 11.3. The van der Waals surface area contributed by atoms with Crippen LogP contribution in [0.25, 0.3) is 0 Å². The van der Waals surface area contributed by atoms with Gasteiger partial charge in [-0.15, -0.1) is 0 Å². The van der Waals surface area contributed by atoms with Crippen LogP contribution < -0.4 is 15.3 Å². The highest BCUT2D eigenvalue weighted by molar-refractivity contribution is 7.89. The van der Waals surface area contributed by atoms with Crippen molar-refractivity contribution in [3.05, 3.63) is 58.1 Å². The summed E-state index contributed by atoms with van der Waals surface area (Å²) in [4.78, 5) is 10.00. The fourth-order valence-corrected chi connectivity index (χ4v) is 2.33.